The predicted octanol–water partition coefficient (Wildman–Crippen LogP) is 3.18. The average molecular weight is 418 g/mol. The van der Waals surface area contributed by atoms with E-state index in [1.54, 1.807) is 0 Å². The Hall–Kier alpha value is -2.25. The van der Waals surface area contributed by atoms with Crippen LogP contribution >= 0.6 is 0 Å². The molecule has 1 saturated heterocycles. The summed E-state index contributed by atoms with van der Waals surface area (Å²) in [6.07, 6.45) is 5.98. The van der Waals surface area contributed by atoms with Crippen LogP contribution < -0.4 is 9.47 Å². The van der Waals surface area contributed by atoms with Crippen molar-refractivity contribution in [2.45, 2.75) is 51.2 Å². The molecule has 3 atom stereocenters. The highest BCUT2D eigenvalue weighted by Gasteiger charge is 2.39. The number of carbonyl (C=O) groups excluding carboxylic acids is 1. The van der Waals surface area contributed by atoms with Crippen LogP contribution in [0.3, 0.4) is 0 Å². The van der Waals surface area contributed by atoms with Crippen LogP contribution in [0, 0.1) is 5.92 Å². The third kappa shape index (κ3) is 4.42. The van der Waals surface area contributed by atoms with Gasteiger partial charge in [0.1, 0.15) is 0 Å². The summed E-state index contributed by atoms with van der Waals surface area (Å²) < 4.78 is 23.1. The second kappa shape index (κ2) is 9.71. The van der Waals surface area contributed by atoms with Crippen molar-refractivity contribution >= 4 is 5.91 Å². The Morgan fingerprint density at radius 3 is 2.77 bits per heavy atom. The summed E-state index contributed by atoms with van der Waals surface area (Å²) in [6, 6.07) is 5.90. The number of ether oxygens (including phenoxy) is 4. The summed E-state index contributed by atoms with van der Waals surface area (Å²) in [6.45, 7) is 4.26. The summed E-state index contributed by atoms with van der Waals surface area (Å²) in [7, 11) is 0. The highest BCUT2D eigenvalue weighted by Crippen LogP contribution is 2.43. The number of likely N-dealkylation sites (tertiary alicyclic amines) is 1. The topological polar surface area (TPSA) is 77.5 Å². The van der Waals surface area contributed by atoms with Crippen molar-refractivity contribution < 1.29 is 28.8 Å². The molecule has 0 aliphatic carbocycles. The third-order valence-electron chi connectivity index (χ3n) is 6.05. The molecule has 164 valence electrons. The number of aliphatic hydroxyl groups excluding tert-OH is 1. The Morgan fingerprint density at radius 1 is 1.20 bits per heavy atom. The largest absolute Gasteiger partial charge is 0.459 e. The average Bonchev–Trinajstić information content (AvgIpc) is 3.26. The number of benzene rings is 1. The summed E-state index contributed by atoms with van der Waals surface area (Å²) in [5.74, 6) is 1.64. The van der Waals surface area contributed by atoms with E-state index in [1.165, 1.54) is 0 Å². The quantitative estimate of drug-likeness (QED) is 0.734. The van der Waals surface area contributed by atoms with Crippen LogP contribution in [0.5, 0.6) is 11.5 Å². The van der Waals surface area contributed by atoms with E-state index in [-0.39, 0.29) is 31.1 Å². The molecule has 1 N–H and O–H groups in total. The van der Waals surface area contributed by atoms with Gasteiger partial charge in [0.2, 0.25) is 13.1 Å². The minimum Gasteiger partial charge on any atom is -0.459 e. The lowest BCUT2D eigenvalue weighted by atomic mass is 9.80. The minimum atomic E-state index is -0.536. The van der Waals surface area contributed by atoms with Crippen molar-refractivity contribution in [3.63, 3.8) is 0 Å². The minimum absolute atomic E-state index is 0.0182. The van der Waals surface area contributed by atoms with Crippen LogP contribution in [0.1, 0.15) is 50.5 Å². The number of nitrogens with zero attached hydrogens (tertiary/aromatic N) is 1. The van der Waals surface area contributed by atoms with Crippen LogP contribution in [-0.4, -0.2) is 55.3 Å². The maximum Gasteiger partial charge on any atom is 0.288 e. The van der Waals surface area contributed by atoms with Gasteiger partial charge >= 0.3 is 0 Å². The summed E-state index contributed by atoms with van der Waals surface area (Å²) in [4.78, 5) is 15.1. The lowest BCUT2D eigenvalue weighted by Gasteiger charge is -2.38. The van der Waals surface area contributed by atoms with E-state index in [0.29, 0.717) is 24.5 Å². The Labute approximate surface area is 177 Å². The molecule has 7 nitrogen and oxygen atoms in total. The van der Waals surface area contributed by atoms with E-state index < -0.39 is 6.29 Å². The molecule has 7 heteroatoms. The first-order valence-corrected chi connectivity index (χ1v) is 11.0. The van der Waals surface area contributed by atoms with E-state index in [2.05, 4.69) is 0 Å². The number of amides is 1. The number of fused-ring (bicyclic) bond motifs is 1. The summed E-state index contributed by atoms with van der Waals surface area (Å²) in [5.41, 5.74) is 1.03. The third-order valence-corrected chi connectivity index (χ3v) is 6.05. The van der Waals surface area contributed by atoms with Gasteiger partial charge in [0.05, 0.1) is 0 Å². The van der Waals surface area contributed by atoms with Crippen molar-refractivity contribution in [1.82, 2.24) is 4.90 Å². The maximum absolute atomic E-state index is 13.2. The molecule has 3 aliphatic rings. The van der Waals surface area contributed by atoms with Crippen molar-refractivity contribution in [2.24, 2.45) is 5.92 Å². The molecule has 1 aromatic rings. The molecule has 0 radical (unpaired) electrons. The monoisotopic (exact) mass is 417 g/mol. The zero-order valence-electron chi connectivity index (χ0n) is 17.5. The number of rotatable bonds is 7. The highest BCUT2D eigenvalue weighted by molar-refractivity contribution is 5.92. The second-order valence-electron chi connectivity index (χ2n) is 7.99. The van der Waals surface area contributed by atoms with Gasteiger partial charge in [0, 0.05) is 38.1 Å². The molecule has 1 amide bonds. The SMILES string of the molecule is CCO[C@H]1OC(C(=O)N2CCCCC2)=C[C@@H](c2ccc3c(c2)OCO3)[C@@H]1CCCO. The van der Waals surface area contributed by atoms with E-state index in [4.69, 9.17) is 18.9 Å². The zero-order chi connectivity index (χ0) is 20.9. The fourth-order valence-corrected chi connectivity index (χ4v) is 4.51. The van der Waals surface area contributed by atoms with Crippen LogP contribution in [0.15, 0.2) is 30.0 Å². The summed E-state index contributed by atoms with van der Waals surface area (Å²) >= 11 is 0. The van der Waals surface area contributed by atoms with Crippen LogP contribution in [0.4, 0.5) is 0 Å². The molecule has 0 unspecified atom stereocenters. The van der Waals surface area contributed by atoms with Gasteiger partial charge < -0.3 is 29.0 Å². The normalized spacial score (nSPS) is 25.6. The van der Waals surface area contributed by atoms with Crippen LogP contribution in [0.25, 0.3) is 0 Å². The van der Waals surface area contributed by atoms with Gasteiger partial charge in [0.25, 0.3) is 5.91 Å². The molecule has 0 bridgehead atoms. The number of hydrogen-bond donors (Lipinski definition) is 1. The number of piperidine rings is 1. The number of carbonyl (C=O) groups is 1. The standard InChI is InChI=1S/C23H31NO6/c1-2-27-23-17(7-6-12-25)18(16-8-9-19-20(13-16)29-15-28-19)14-21(30-23)22(26)24-10-4-3-5-11-24/h8-9,13-14,17-18,23,25H,2-7,10-12,15H2,1H3/t17-,18-,23-/m0/s1. The molecular weight excluding hydrogens is 386 g/mol. The van der Waals surface area contributed by atoms with Crippen molar-refractivity contribution in [3.8, 4) is 11.5 Å². The Morgan fingerprint density at radius 2 is 2.00 bits per heavy atom. The molecule has 3 heterocycles. The maximum atomic E-state index is 13.2. The first-order chi connectivity index (χ1) is 14.7. The number of hydrogen-bond acceptors (Lipinski definition) is 6. The first kappa shape index (κ1) is 21.0. The molecule has 3 aliphatic heterocycles. The van der Waals surface area contributed by atoms with Gasteiger partial charge in [0.15, 0.2) is 17.3 Å². The van der Waals surface area contributed by atoms with E-state index in [1.807, 2.05) is 36.1 Å². The van der Waals surface area contributed by atoms with Crippen molar-refractivity contribution in [3.05, 3.63) is 35.6 Å². The van der Waals surface area contributed by atoms with Gasteiger partial charge in [-0.15, -0.1) is 0 Å². The Balaban J connectivity index is 1.67. The molecule has 0 spiro atoms. The van der Waals surface area contributed by atoms with Gasteiger partial charge in [-0.3, -0.25) is 4.79 Å². The smallest absolute Gasteiger partial charge is 0.288 e. The number of aliphatic hydroxyl groups is 1. The predicted molar refractivity (Wildman–Crippen MR) is 110 cm³/mol. The van der Waals surface area contributed by atoms with E-state index in [0.717, 1.165) is 50.1 Å². The van der Waals surface area contributed by atoms with Gasteiger partial charge in [-0.1, -0.05) is 6.07 Å². The molecule has 1 aromatic carbocycles. The molecule has 1 fully saturated rings. The lowest BCUT2D eigenvalue weighted by Crippen LogP contribution is -2.42. The highest BCUT2D eigenvalue weighted by atomic mass is 16.7. The van der Waals surface area contributed by atoms with Crippen molar-refractivity contribution in [2.75, 3.05) is 33.1 Å². The van der Waals surface area contributed by atoms with Crippen LogP contribution in [0.2, 0.25) is 0 Å². The lowest BCUT2D eigenvalue weighted by molar-refractivity contribution is -0.170. The molecular formula is C23H31NO6. The van der Waals surface area contributed by atoms with Gasteiger partial charge in [-0.25, -0.2) is 0 Å². The van der Waals surface area contributed by atoms with Gasteiger partial charge in [-0.05, 0) is 62.8 Å². The Bertz CT molecular complexity index is 773. The van der Waals surface area contributed by atoms with Crippen LogP contribution in [-0.2, 0) is 14.3 Å². The molecule has 0 aromatic heterocycles. The fourth-order valence-electron chi connectivity index (χ4n) is 4.51. The van der Waals surface area contributed by atoms with Gasteiger partial charge in [-0.2, -0.15) is 0 Å². The second-order valence-corrected chi connectivity index (χ2v) is 7.99. The number of allylic oxidation sites excluding steroid dienone is 1. The zero-order valence-corrected chi connectivity index (χ0v) is 17.5. The first-order valence-electron chi connectivity index (χ1n) is 11.0. The molecule has 4 rings (SSSR count). The van der Waals surface area contributed by atoms with Crippen molar-refractivity contribution in [1.29, 1.82) is 0 Å². The fraction of sp³-hybridized carbons (Fsp3) is 0.609. The Kier molecular flexibility index (Phi) is 6.79. The molecule has 30 heavy (non-hydrogen) atoms. The summed E-state index contributed by atoms with van der Waals surface area (Å²) in [5, 5.41) is 9.41. The molecule has 0 saturated carbocycles. The van der Waals surface area contributed by atoms with E-state index >= 15 is 0 Å². The van der Waals surface area contributed by atoms with E-state index in [9.17, 15) is 9.90 Å².